The Labute approximate surface area is 141 Å². The van der Waals surface area contributed by atoms with E-state index < -0.39 is 0 Å². The van der Waals surface area contributed by atoms with E-state index in [0.717, 1.165) is 23.1 Å². The SMILES string of the molecule is CC(C)(C)C1CCC(CN)C(Oc2ccc(Cl)cc2Br)C1. The molecular weight excluding hydrogens is 350 g/mol. The second kappa shape index (κ2) is 6.89. The molecule has 1 saturated carbocycles. The highest BCUT2D eigenvalue weighted by Gasteiger charge is 2.36. The van der Waals surface area contributed by atoms with Crippen molar-refractivity contribution < 1.29 is 4.74 Å². The van der Waals surface area contributed by atoms with Crippen molar-refractivity contribution in [2.45, 2.75) is 46.1 Å². The molecule has 1 aromatic rings. The Morgan fingerprint density at radius 3 is 2.62 bits per heavy atom. The van der Waals surface area contributed by atoms with Crippen LogP contribution in [0.2, 0.25) is 5.02 Å². The molecule has 0 aliphatic heterocycles. The van der Waals surface area contributed by atoms with Gasteiger partial charge in [-0.1, -0.05) is 32.4 Å². The highest BCUT2D eigenvalue weighted by molar-refractivity contribution is 9.10. The summed E-state index contributed by atoms with van der Waals surface area (Å²) in [4.78, 5) is 0. The van der Waals surface area contributed by atoms with E-state index in [2.05, 4.69) is 36.7 Å². The maximum Gasteiger partial charge on any atom is 0.134 e. The number of hydrogen-bond donors (Lipinski definition) is 1. The van der Waals surface area contributed by atoms with Crippen LogP contribution in [0.4, 0.5) is 0 Å². The summed E-state index contributed by atoms with van der Waals surface area (Å²) in [7, 11) is 0. The molecule has 2 rings (SSSR count). The summed E-state index contributed by atoms with van der Waals surface area (Å²) in [6, 6.07) is 5.67. The molecular formula is C17H25BrClNO. The number of ether oxygens (including phenoxy) is 1. The third kappa shape index (κ3) is 4.37. The quantitative estimate of drug-likeness (QED) is 0.782. The molecule has 2 N–H and O–H groups in total. The van der Waals surface area contributed by atoms with Crippen LogP contribution in [0, 0.1) is 17.3 Å². The predicted molar refractivity (Wildman–Crippen MR) is 92.9 cm³/mol. The van der Waals surface area contributed by atoms with E-state index in [9.17, 15) is 0 Å². The fraction of sp³-hybridized carbons (Fsp3) is 0.647. The number of halogens is 2. The summed E-state index contributed by atoms with van der Waals surface area (Å²) < 4.78 is 7.19. The second-order valence-corrected chi connectivity index (χ2v) is 8.39. The van der Waals surface area contributed by atoms with Gasteiger partial charge in [0.05, 0.1) is 4.47 Å². The Morgan fingerprint density at radius 2 is 2.05 bits per heavy atom. The largest absolute Gasteiger partial charge is 0.489 e. The molecule has 2 nitrogen and oxygen atoms in total. The normalized spacial score (nSPS) is 26.7. The minimum atomic E-state index is 0.186. The third-order valence-corrected chi connectivity index (χ3v) is 5.48. The molecule has 0 radical (unpaired) electrons. The Hall–Kier alpha value is -0.250. The molecule has 3 unspecified atom stereocenters. The van der Waals surface area contributed by atoms with Gasteiger partial charge in [-0.3, -0.25) is 0 Å². The minimum absolute atomic E-state index is 0.186. The maximum absolute atomic E-state index is 6.28. The number of benzene rings is 1. The zero-order chi connectivity index (χ0) is 15.6. The van der Waals surface area contributed by atoms with Crippen molar-refractivity contribution in [2.24, 2.45) is 23.0 Å². The van der Waals surface area contributed by atoms with Crippen LogP contribution in [0.3, 0.4) is 0 Å². The molecule has 1 aliphatic carbocycles. The van der Waals surface area contributed by atoms with Gasteiger partial charge in [0.25, 0.3) is 0 Å². The molecule has 0 heterocycles. The predicted octanol–water partition coefficient (Wildman–Crippen LogP) is 5.27. The molecule has 0 saturated heterocycles. The lowest BCUT2D eigenvalue weighted by Gasteiger charge is -2.41. The number of hydrogen-bond acceptors (Lipinski definition) is 2. The summed E-state index contributed by atoms with van der Waals surface area (Å²) in [5.74, 6) is 1.97. The molecule has 0 amide bonds. The molecule has 3 atom stereocenters. The number of rotatable bonds is 3. The first-order valence-electron chi connectivity index (χ1n) is 7.63. The second-order valence-electron chi connectivity index (χ2n) is 7.10. The lowest BCUT2D eigenvalue weighted by molar-refractivity contribution is 0.0327. The Bertz CT molecular complexity index is 486. The Morgan fingerprint density at radius 1 is 1.33 bits per heavy atom. The van der Waals surface area contributed by atoms with E-state index in [4.69, 9.17) is 22.1 Å². The van der Waals surface area contributed by atoms with Crippen molar-refractivity contribution in [1.82, 2.24) is 0 Å². The van der Waals surface area contributed by atoms with Crippen LogP contribution in [0.1, 0.15) is 40.0 Å². The Kier molecular flexibility index (Phi) is 5.61. The van der Waals surface area contributed by atoms with Crippen LogP contribution < -0.4 is 10.5 Å². The van der Waals surface area contributed by atoms with E-state index in [1.807, 2.05) is 18.2 Å². The monoisotopic (exact) mass is 373 g/mol. The first-order chi connectivity index (χ1) is 9.81. The van der Waals surface area contributed by atoms with Gasteiger partial charge in [-0.15, -0.1) is 0 Å². The van der Waals surface area contributed by atoms with E-state index in [-0.39, 0.29) is 6.10 Å². The van der Waals surface area contributed by atoms with Gasteiger partial charge in [0.15, 0.2) is 0 Å². The number of nitrogens with two attached hydrogens (primary N) is 1. The van der Waals surface area contributed by atoms with E-state index >= 15 is 0 Å². The first kappa shape index (κ1) is 17.1. The van der Waals surface area contributed by atoms with Crippen molar-refractivity contribution in [1.29, 1.82) is 0 Å². The molecule has 0 aromatic heterocycles. The highest BCUT2D eigenvalue weighted by atomic mass is 79.9. The average molecular weight is 375 g/mol. The molecule has 0 spiro atoms. The van der Waals surface area contributed by atoms with Gasteiger partial charge < -0.3 is 10.5 Å². The Balaban J connectivity index is 2.14. The summed E-state index contributed by atoms with van der Waals surface area (Å²) in [6.07, 6.45) is 3.65. The van der Waals surface area contributed by atoms with Crippen molar-refractivity contribution in [3.63, 3.8) is 0 Å². The van der Waals surface area contributed by atoms with Gasteiger partial charge >= 0.3 is 0 Å². The van der Waals surface area contributed by atoms with Crippen LogP contribution in [0.25, 0.3) is 0 Å². The van der Waals surface area contributed by atoms with E-state index in [1.165, 1.54) is 6.42 Å². The van der Waals surface area contributed by atoms with Gasteiger partial charge in [0.1, 0.15) is 11.9 Å². The molecule has 1 aliphatic rings. The standard InChI is InChI=1S/C17H25BrClNO/c1-17(2,3)12-5-4-11(10-20)16(8-12)21-15-7-6-13(19)9-14(15)18/h6-7,9,11-12,16H,4-5,8,10,20H2,1-3H3. The van der Waals surface area contributed by atoms with Crippen molar-refractivity contribution in [3.05, 3.63) is 27.7 Å². The minimum Gasteiger partial charge on any atom is -0.489 e. The lowest BCUT2D eigenvalue weighted by Crippen LogP contribution is -2.41. The summed E-state index contributed by atoms with van der Waals surface area (Å²) in [5, 5.41) is 0.709. The smallest absolute Gasteiger partial charge is 0.134 e. The van der Waals surface area contributed by atoms with E-state index in [0.29, 0.717) is 28.8 Å². The third-order valence-electron chi connectivity index (χ3n) is 4.63. The van der Waals surface area contributed by atoms with Gasteiger partial charge in [-0.05, 0) is 71.3 Å². The molecule has 0 bridgehead atoms. The van der Waals surface area contributed by atoms with Gasteiger partial charge in [-0.25, -0.2) is 0 Å². The van der Waals surface area contributed by atoms with Crippen molar-refractivity contribution >= 4 is 27.5 Å². The van der Waals surface area contributed by atoms with Gasteiger partial charge in [-0.2, -0.15) is 0 Å². The molecule has 4 heteroatoms. The molecule has 118 valence electrons. The molecule has 21 heavy (non-hydrogen) atoms. The van der Waals surface area contributed by atoms with Gasteiger partial charge in [0.2, 0.25) is 0 Å². The van der Waals surface area contributed by atoms with Crippen molar-refractivity contribution in [3.8, 4) is 5.75 Å². The fourth-order valence-corrected chi connectivity index (χ4v) is 3.90. The van der Waals surface area contributed by atoms with Gasteiger partial charge in [0, 0.05) is 10.9 Å². The average Bonchev–Trinajstić information content (AvgIpc) is 2.41. The maximum atomic E-state index is 6.28. The first-order valence-corrected chi connectivity index (χ1v) is 8.80. The summed E-state index contributed by atoms with van der Waals surface area (Å²) in [5.41, 5.74) is 6.27. The van der Waals surface area contributed by atoms with Crippen molar-refractivity contribution in [2.75, 3.05) is 6.54 Å². The highest BCUT2D eigenvalue weighted by Crippen LogP contribution is 2.42. The van der Waals surface area contributed by atoms with Crippen LogP contribution in [0.15, 0.2) is 22.7 Å². The summed E-state index contributed by atoms with van der Waals surface area (Å²) >= 11 is 9.52. The van der Waals surface area contributed by atoms with Crippen LogP contribution in [0.5, 0.6) is 5.75 Å². The summed E-state index contributed by atoms with van der Waals surface area (Å²) in [6.45, 7) is 7.63. The van der Waals surface area contributed by atoms with Crippen LogP contribution in [-0.4, -0.2) is 12.6 Å². The van der Waals surface area contributed by atoms with Crippen LogP contribution >= 0.6 is 27.5 Å². The van der Waals surface area contributed by atoms with Crippen LogP contribution in [-0.2, 0) is 0 Å². The topological polar surface area (TPSA) is 35.2 Å². The zero-order valence-corrected chi connectivity index (χ0v) is 15.4. The molecule has 1 aromatic carbocycles. The van der Waals surface area contributed by atoms with E-state index in [1.54, 1.807) is 0 Å². The fourth-order valence-electron chi connectivity index (χ4n) is 3.13. The molecule has 1 fully saturated rings. The zero-order valence-electron chi connectivity index (χ0n) is 13.0. The lowest BCUT2D eigenvalue weighted by atomic mass is 9.68.